The van der Waals surface area contributed by atoms with Crippen LogP contribution in [-0.4, -0.2) is 12.7 Å². The first-order chi connectivity index (χ1) is 9.24. The molecule has 0 spiro atoms. The standard InChI is InChI=1S/C14H13NO4/c1-9(15-14(16)12-3-2-6-17-12)10-4-5-11-13(7-10)19-8-18-11/h2-7,9H,8H2,1H3,(H,15,16)/t9-/m0/s1. The first-order valence-electron chi connectivity index (χ1n) is 5.98. The minimum Gasteiger partial charge on any atom is -0.459 e. The van der Waals surface area contributed by atoms with E-state index in [1.165, 1.54) is 6.26 Å². The summed E-state index contributed by atoms with van der Waals surface area (Å²) < 4.78 is 15.6. The van der Waals surface area contributed by atoms with Crippen molar-refractivity contribution < 1.29 is 18.7 Å². The Bertz CT molecular complexity index is 591. The van der Waals surface area contributed by atoms with Crippen molar-refractivity contribution >= 4 is 5.91 Å². The maximum Gasteiger partial charge on any atom is 0.287 e. The van der Waals surface area contributed by atoms with Crippen LogP contribution in [0.2, 0.25) is 0 Å². The molecule has 1 aromatic carbocycles. The molecule has 98 valence electrons. The topological polar surface area (TPSA) is 60.7 Å². The Labute approximate surface area is 110 Å². The number of fused-ring (bicyclic) bond motifs is 1. The van der Waals surface area contributed by atoms with Gasteiger partial charge >= 0.3 is 0 Å². The number of ether oxygens (including phenoxy) is 2. The van der Waals surface area contributed by atoms with E-state index in [-0.39, 0.29) is 18.7 Å². The van der Waals surface area contributed by atoms with Gasteiger partial charge in [-0.05, 0) is 36.8 Å². The minimum atomic E-state index is -0.241. The average molecular weight is 259 g/mol. The molecule has 1 atom stereocenters. The van der Waals surface area contributed by atoms with E-state index in [0.717, 1.165) is 11.3 Å². The Morgan fingerprint density at radius 3 is 2.89 bits per heavy atom. The smallest absolute Gasteiger partial charge is 0.287 e. The van der Waals surface area contributed by atoms with Crippen LogP contribution in [0, 0.1) is 0 Å². The third-order valence-corrected chi connectivity index (χ3v) is 2.99. The van der Waals surface area contributed by atoms with Crippen LogP contribution in [0.25, 0.3) is 0 Å². The number of amides is 1. The molecule has 0 aliphatic carbocycles. The highest BCUT2D eigenvalue weighted by molar-refractivity contribution is 5.91. The SMILES string of the molecule is C[C@H](NC(=O)c1ccco1)c1ccc2c(c1)OCO2. The van der Waals surface area contributed by atoms with Crippen LogP contribution in [0.5, 0.6) is 11.5 Å². The molecule has 1 amide bonds. The fraction of sp³-hybridized carbons (Fsp3) is 0.214. The molecule has 0 saturated carbocycles. The van der Waals surface area contributed by atoms with Crippen LogP contribution >= 0.6 is 0 Å². The minimum absolute atomic E-state index is 0.146. The van der Waals surface area contributed by atoms with Crippen molar-refractivity contribution in [1.29, 1.82) is 0 Å². The first kappa shape index (κ1) is 11.6. The molecule has 0 bridgehead atoms. The van der Waals surface area contributed by atoms with Gasteiger partial charge in [0.15, 0.2) is 17.3 Å². The van der Waals surface area contributed by atoms with Gasteiger partial charge in [0.2, 0.25) is 6.79 Å². The quantitative estimate of drug-likeness (QED) is 0.920. The van der Waals surface area contributed by atoms with Crippen molar-refractivity contribution in [2.45, 2.75) is 13.0 Å². The molecule has 2 aromatic rings. The molecule has 0 saturated heterocycles. The van der Waals surface area contributed by atoms with Gasteiger partial charge in [-0.3, -0.25) is 4.79 Å². The van der Waals surface area contributed by atoms with E-state index < -0.39 is 0 Å². The molecule has 1 N–H and O–H groups in total. The molecule has 0 radical (unpaired) electrons. The van der Waals surface area contributed by atoms with Crippen molar-refractivity contribution in [1.82, 2.24) is 5.32 Å². The van der Waals surface area contributed by atoms with Crippen molar-refractivity contribution in [2.24, 2.45) is 0 Å². The molecule has 1 aliphatic rings. The van der Waals surface area contributed by atoms with Gasteiger partial charge in [-0.2, -0.15) is 0 Å². The molecular formula is C14H13NO4. The third kappa shape index (κ3) is 2.27. The van der Waals surface area contributed by atoms with E-state index in [2.05, 4.69) is 5.32 Å². The van der Waals surface area contributed by atoms with Crippen LogP contribution in [0.15, 0.2) is 41.0 Å². The highest BCUT2D eigenvalue weighted by Gasteiger charge is 2.18. The Morgan fingerprint density at radius 1 is 1.26 bits per heavy atom. The van der Waals surface area contributed by atoms with Gasteiger partial charge in [0.05, 0.1) is 12.3 Å². The second-order valence-electron chi connectivity index (χ2n) is 4.29. The Kier molecular flexibility index (Phi) is 2.87. The predicted molar refractivity (Wildman–Crippen MR) is 67.2 cm³/mol. The van der Waals surface area contributed by atoms with Gasteiger partial charge in [0.1, 0.15) is 0 Å². The summed E-state index contributed by atoms with van der Waals surface area (Å²) in [5, 5.41) is 2.86. The van der Waals surface area contributed by atoms with Gasteiger partial charge in [0, 0.05) is 0 Å². The van der Waals surface area contributed by atoms with E-state index in [9.17, 15) is 4.79 Å². The molecule has 3 rings (SSSR count). The van der Waals surface area contributed by atoms with Crippen LogP contribution in [0.3, 0.4) is 0 Å². The van der Waals surface area contributed by atoms with Crippen molar-refractivity contribution in [2.75, 3.05) is 6.79 Å². The van der Waals surface area contributed by atoms with Crippen molar-refractivity contribution in [3.8, 4) is 11.5 Å². The zero-order chi connectivity index (χ0) is 13.2. The summed E-state index contributed by atoms with van der Waals surface area (Å²) in [6.07, 6.45) is 1.47. The number of hydrogen-bond acceptors (Lipinski definition) is 4. The van der Waals surface area contributed by atoms with Crippen molar-refractivity contribution in [3.05, 3.63) is 47.9 Å². The van der Waals surface area contributed by atoms with Crippen LogP contribution in [-0.2, 0) is 0 Å². The summed E-state index contributed by atoms with van der Waals surface area (Å²) in [4.78, 5) is 11.9. The number of carbonyl (C=O) groups excluding carboxylic acids is 1. The zero-order valence-corrected chi connectivity index (χ0v) is 10.4. The first-order valence-corrected chi connectivity index (χ1v) is 5.98. The van der Waals surface area contributed by atoms with Gasteiger partial charge in [-0.1, -0.05) is 6.07 Å². The second kappa shape index (κ2) is 4.68. The fourth-order valence-corrected chi connectivity index (χ4v) is 1.94. The maximum atomic E-state index is 11.9. The lowest BCUT2D eigenvalue weighted by Gasteiger charge is -2.13. The Balaban J connectivity index is 1.73. The molecule has 5 heteroatoms. The molecule has 0 fully saturated rings. The number of benzene rings is 1. The summed E-state index contributed by atoms with van der Waals surface area (Å²) >= 11 is 0. The number of carbonyl (C=O) groups is 1. The van der Waals surface area contributed by atoms with Gasteiger partial charge in [-0.15, -0.1) is 0 Å². The van der Waals surface area contributed by atoms with Gasteiger partial charge in [0.25, 0.3) is 5.91 Å². The number of rotatable bonds is 3. The summed E-state index contributed by atoms with van der Waals surface area (Å²) in [7, 11) is 0. The monoisotopic (exact) mass is 259 g/mol. The highest BCUT2D eigenvalue weighted by atomic mass is 16.7. The number of hydrogen-bond donors (Lipinski definition) is 1. The molecule has 0 unspecified atom stereocenters. The fourth-order valence-electron chi connectivity index (χ4n) is 1.94. The molecule has 19 heavy (non-hydrogen) atoms. The molecule has 1 aromatic heterocycles. The zero-order valence-electron chi connectivity index (χ0n) is 10.4. The summed E-state index contributed by atoms with van der Waals surface area (Å²) in [6, 6.07) is 8.78. The van der Waals surface area contributed by atoms with E-state index in [0.29, 0.717) is 11.5 Å². The average Bonchev–Trinajstić information content (AvgIpc) is 3.09. The third-order valence-electron chi connectivity index (χ3n) is 2.99. The van der Waals surface area contributed by atoms with Gasteiger partial charge < -0.3 is 19.2 Å². The maximum absolute atomic E-state index is 11.9. The lowest BCUT2D eigenvalue weighted by atomic mass is 10.1. The Hall–Kier alpha value is -2.43. The molecule has 1 aliphatic heterocycles. The van der Waals surface area contributed by atoms with E-state index in [1.54, 1.807) is 12.1 Å². The largest absolute Gasteiger partial charge is 0.459 e. The van der Waals surface area contributed by atoms with Crippen LogP contribution in [0.4, 0.5) is 0 Å². The van der Waals surface area contributed by atoms with Crippen LogP contribution in [0.1, 0.15) is 29.1 Å². The predicted octanol–water partition coefficient (Wildman–Crippen LogP) is 2.50. The Morgan fingerprint density at radius 2 is 2.11 bits per heavy atom. The number of furan rings is 1. The molecule has 5 nitrogen and oxygen atoms in total. The highest BCUT2D eigenvalue weighted by Crippen LogP contribution is 2.34. The lowest BCUT2D eigenvalue weighted by Crippen LogP contribution is -2.26. The number of nitrogens with one attached hydrogen (secondary N) is 1. The normalized spacial score (nSPS) is 14.2. The summed E-state index contributed by atoms with van der Waals surface area (Å²) in [5.74, 6) is 1.49. The van der Waals surface area contributed by atoms with Gasteiger partial charge in [-0.25, -0.2) is 0 Å². The molecule has 2 heterocycles. The molecular weight excluding hydrogens is 246 g/mol. The van der Waals surface area contributed by atoms with Crippen LogP contribution < -0.4 is 14.8 Å². The van der Waals surface area contributed by atoms with Crippen molar-refractivity contribution in [3.63, 3.8) is 0 Å². The van der Waals surface area contributed by atoms with E-state index in [4.69, 9.17) is 13.9 Å². The second-order valence-corrected chi connectivity index (χ2v) is 4.29. The van der Waals surface area contributed by atoms with E-state index in [1.807, 2.05) is 25.1 Å². The lowest BCUT2D eigenvalue weighted by molar-refractivity contribution is 0.0912. The summed E-state index contributed by atoms with van der Waals surface area (Å²) in [5.41, 5.74) is 0.948. The summed E-state index contributed by atoms with van der Waals surface area (Å²) in [6.45, 7) is 2.14. The van der Waals surface area contributed by atoms with E-state index >= 15 is 0 Å².